The van der Waals surface area contributed by atoms with E-state index in [0.717, 1.165) is 11.6 Å². The molecule has 0 N–H and O–H groups in total. The zero-order chi connectivity index (χ0) is 9.90. The first-order chi connectivity index (χ1) is 6.10. The average Bonchev–Trinajstić information content (AvgIpc) is 2.18. The molecular formula is C10H9F2N. The lowest BCUT2D eigenvalue weighted by atomic mass is 10.0. The van der Waals surface area contributed by atoms with E-state index < -0.39 is 5.92 Å². The minimum atomic E-state index is -3.37. The third kappa shape index (κ3) is 2.03. The van der Waals surface area contributed by atoms with Crippen LogP contribution in [0.1, 0.15) is 18.1 Å². The Hall–Kier alpha value is -1.43. The zero-order valence-electron chi connectivity index (χ0n) is 7.22. The van der Waals surface area contributed by atoms with Crippen LogP contribution >= 0.6 is 0 Å². The Morgan fingerprint density at radius 1 is 1.46 bits per heavy atom. The second kappa shape index (κ2) is 3.53. The molecule has 0 fully saturated rings. The fourth-order valence-corrected chi connectivity index (χ4v) is 1.05. The van der Waals surface area contributed by atoms with Gasteiger partial charge in [0.1, 0.15) is 6.07 Å². The van der Waals surface area contributed by atoms with Crippen molar-refractivity contribution in [3.63, 3.8) is 0 Å². The average molecular weight is 181 g/mol. The van der Waals surface area contributed by atoms with E-state index in [9.17, 15) is 8.78 Å². The molecule has 0 unspecified atom stereocenters. The number of alkyl halides is 2. The molecule has 0 atom stereocenters. The molecule has 0 heterocycles. The van der Waals surface area contributed by atoms with Crippen molar-refractivity contribution in [2.24, 2.45) is 0 Å². The highest BCUT2D eigenvalue weighted by Crippen LogP contribution is 2.27. The molecule has 1 aromatic rings. The highest BCUT2D eigenvalue weighted by molar-refractivity contribution is 5.30. The van der Waals surface area contributed by atoms with Gasteiger partial charge in [0.05, 0.1) is 0 Å². The molecule has 68 valence electrons. The maximum Gasteiger partial charge on any atom is 0.357 e. The van der Waals surface area contributed by atoms with E-state index >= 15 is 0 Å². The zero-order valence-corrected chi connectivity index (χ0v) is 7.22. The Balaban J connectivity index is 3.10. The maximum atomic E-state index is 12.8. The first kappa shape index (κ1) is 9.66. The van der Waals surface area contributed by atoms with Gasteiger partial charge in [-0.3, -0.25) is 0 Å². The lowest BCUT2D eigenvalue weighted by Crippen LogP contribution is -2.09. The highest BCUT2D eigenvalue weighted by atomic mass is 19.3. The normalized spacial score (nSPS) is 10.9. The van der Waals surface area contributed by atoms with Gasteiger partial charge >= 0.3 is 5.92 Å². The number of aryl methyl sites for hydroxylation is 1. The Labute approximate surface area is 75.6 Å². The van der Waals surface area contributed by atoms with Crippen LogP contribution in [0, 0.1) is 11.3 Å². The van der Waals surface area contributed by atoms with Crippen molar-refractivity contribution in [1.29, 1.82) is 5.26 Å². The van der Waals surface area contributed by atoms with Gasteiger partial charge in [0.15, 0.2) is 0 Å². The Bertz CT molecular complexity index is 339. The van der Waals surface area contributed by atoms with Crippen LogP contribution < -0.4 is 0 Å². The van der Waals surface area contributed by atoms with Crippen LogP contribution in [-0.2, 0) is 12.3 Å². The number of nitriles is 1. The van der Waals surface area contributed by atoms with Gasteiger partial charge in [-0.25, -0.2) is 0 Å². The SMILES string of the molecule is CCc1cccc(C(F)(F)C#N)c1. The van der Waals surface area contributed by atoms with Crippen molar-refractivity contribution in [3.05, 3.63) is 35.4 Å². The molecule has 1 rings (SSSR count). The summed E-state index contributed by atoms with van der Waals surface area (Å²) >= 11 is 0. The van der Waals surface area contributed by atoms with Crippen LogP contribution in [0.25, 0.3) is 0 Å². The van der Waals surface area contributed by atoms with E-state index in [0.29, 0.717) is 6.42 Å². The summed E-state index contributed by atoms with van der Waals surface area (Å²) in [6.07, 6.45) is 0.690. The molecule has 0 aromatic heterocycles. The summed E-state index contributed by atoms with van der Waals surface area (Å²) < 4.78 is 25.7. The van der Waals surface area contributed by atoms with Gasteiger partial charge in [-0.15, -0.1) is 0 Å². The van der Waals surface area contributed by atoms with Crippen LogP contribution in [0.4, 0.5) is 8.78 Å². The van der Waals surface area contributed by atoms with Crippen molar-refractivity contribution >= 4 is 0 Å². The fraction of sp³-hybridized carbons (Fsp3) is 0.300. The van der Waals surface area contributed by atoms with Gasteiger partial charge in [-0.2, -0.15) is 14.0 Å². The van der Waals surface area contributed by atoms with Gasteiger partial charge in [-0.1, -0.05) is 25.1 Å². The highest BCUT2D eigenvalue weighted by Gasteiger charge is 2.30. The van der Waals surface area contributed by atoms with E-state index in [1.54, 1.807) is 12.1 Å². The first-order valence-electron chi connectivity index (χ1n) is 3.98. The Morgan fingerprint density at radius 3 is 2.69 bits per heavy atom. The lowest BCUT2D eigenvalue weighted by molar-refractivity contribution is 0.0612. The van der Waals surface area contributed by atoms with Crippen molar-refractivity contribution in [1.82, 2.24) is 0 Å². The lowest BCUT2D eigenvalue weighted by Gasteiger charge is -2.08. The molecule has 1 nitrogen and oxygen atoms in total. The molecule has 0 radical (unpaired) electrons. The fourth-order valence-electron chi connectivity index (χ4n) is 1.05. The molecule has 0 amide bonds. The molecule has 0 bridgehead atoms. The van der Waals surface area contributed by atoms with Crippen molar-refractivity contribution in [3.8, 4) is 6.07 Å². The smallest absolute Gasteiger partial charge is 0.191 e. The summed E-state index contributed by atoms with van der Waals surface area (Å²) in [5.41, 5.74) is 0.585. The molecule has 13 heavy (non-hydrogen) atoms. The molecular weight excluding hydrogens is 172 g/mol. The Kier molecular flexibility index (Phi) is 2.62. The van der Waals surface area contributed by atoms with Crippen LogP contribution in [0.2, 0.25) is 0 Å². The van der Waals surface area contributed by atoms with Gasteiger partial charge in [0.25, 0.3) is 0 Å². The first-order valence-corrected chi connectivity index (χ1v) is 3.98. The summed E-state index contributed by atoms with van der Waals surface area (Å²) in [6, 6.07) is 6.91. The number of nitrogens with zero attached hydrogens (tertiary/aromatic N) is 1. The van der Waals surface area contributed by atoms with E-state index in [1.165, 1.54) is 12.1 Å². The number of hydrogen-bond acceptors (Lipinski definition) is 1. The van der Waals surface area contributed by atoms with E-state index in [-0.39, 0.29) is 5.56 Å². The summed E-state index contributed by atoms with van der Waals surface area (Å²) in [7, 11) is 0. The van der Waals surface area contributed by atoms with Crippen LogP contribution in [-0.4, -0.2) is 0 Å². The van der Waals surface area contributed by atoms with Crippen molar-refractivity contribution < 1.29 is 8.78 Å². The van der Waals surface area contributed by atoms with Crippen LogP contribution in [0.5, 0.6) is 0 Å². The van der Waals surface area contributed by atoms with Gasteiger partial charge in [0, 0.05) is 5.56 Å². The minimum Gasteiger partial charge on any atom is -0.191 e. The van der Waals surface area contributed by atoms with Crippen molar-refractivity contribution in [2.45, 2.75) is 19.3 Å². The number of benzene rings is 1. The largest absolute Gasteiger partial charge is 0.357 e. The summed E-state index contributed by atoms with van der Waals surface area (Å²) in [6.45, 7) is 1.88. The minimum absolute atomic E-state index is 0.227. The molecule has 0 aliphatic rings. The standard InChI is InChI=1S/C10H9F2N/c1-2-8-4-3-5-9(6-8)10(11,12)7-13/h3-6H,2H2,1H3. The predicted molar refractivity (Wildman–Crippen MR) is 45.3 cm³/mol. The third-order valence-electron chi connectivity index (χ3n) is 1.84. The molecule has 0 spiro atoms. The molecule has 3 heteroatoms. The van der Waals surface area contributed by atoms with Gasteiger partial charge < -0.3 is 0 Å². The number of halogens is 2. The van der Waals surface area contributed by atoms with Gasteiger partial charge in [0.2, 0.25) is 0 Å². The van der Waals surface area contributed by atoms with Crippen LogP contribution in [0.3, 0.4) is 0 Å². The van der Waals surface area contributed by atoms with E-state index in [2.05, 4.69) is 0 Å². The summed E-state index contributed by atoms with van der Waals surface area (Å²) in [5.74, 6) is -3.37. The number of hydrogen-bond donors (Lipinski definition) is 0. The quantitative estimate of drug-likeness (QED) is 0.688. The molecule has 0 saturated heterocycles. The molecule has 1 aromatic carbocycles. The topological polar surface area (TPSA) is 23.8 Å². The van der Waals surface area contributed by atoms with Crippen LogP contribution in [0.15, 0.2) is 24.3 Å². The predicted octanol–water partition coefficient (Wildman–Crippen LogP) is 2.86. The van der Waals surface area contributed by atoms with E-state index in [1.807, 2.05) is 6.92 Å². The van der Waals surface area contributed by atoms with E-state index in [4.69, 9.17) is 5.26 Å². The summed E-state index contributed by atoms with van der Waals surface area (Å²) in [5, 5.41) is 8.21. The molecule has 0 aliphatic carbocycles. The summed E-state index contributed by atoms with van der Waals surface area (Å²) in [4.78, 5) is 0. The second-order valence-electron chi connectivity index (χ2n) is 2.74. The monoisotopic (exact) mass is 181 g/mol. The van der Waals surface area contributed by atoms with Gasteiger partial charge in [-0.05, 0) is 18.1 Å². The molecule has 0 aliphatic heterocycles. The third-order valence-corrected chi connectivity index (χ3v) is 1.84. The maximum absolute atomic E-state index is 12.8. The molecule has 0 saturated carbocycles. The Morgan fingerprint density at radius 2 is 2.15 bits per heavy atom. The second-order valence-corrected chi connectivity index (χ2v) is 2.74. The number of rotatable bonds is 2. The van der Waals surface area contributed by atoms with Crippen molar-refractivity contribution in [2.75, 3.05) is 0 Å².